The summed E-state index contributed by atoms with van der Waals surface area (Å²) in [5, 5.41) is 0. The maximum absolute atomic E-state index is 12.2. The third kappa shape index (κ3) is 10.1. The Labute approximate surface area is 281 Å². The Morgan fingerprint density at radius 2 is 1.38 bits per heavy atom. The van der Waals surface area contributed by atoms with Gasteiger partial charge < -0.3 is 51.8 Å². The first-order valence-corrected chi connectivity index (χ1v) is 18.7. The van der Waals surface area contributed by atoms with Crippen LogP contribution in [-0.2, 0) is 61.4 Å². The molecule has 9 atom stereocenters. The molecule has 13 nitrogen and oxygen atoms in total. The maximum atomic E-state index is 12.2. The van der Waals surface area contributed by atoms with Gasteiger partial charge in [0.15, 0.2) is 38.7 Å². The van der Waals surface area contributed by atoms with Gasteiger partial charge in [-0.25, -0.2) is 0 Å². The number of ether oxygens (including phenoxy) is 10. The molecule has 0 aromatic heterocycles. The SMILES string of the molecule is COCO[C@H]1[C@H](OCOC)C[C@H](/C=C/[C@H]2O[C@@H]3OC(C)(C)O[C@@H]3[C@@H](OC(C)=O)[C@@H]2OC(C)=O)O[C@@H]1CO[Si](C(C)C)(C(C)C)C(C)C. The van der Waals surface area contributed by atoms with Crippen molar-refractivity contribution in [3.05, 3.63) is 12.2 Å². The fraction of sp³-hybridized carbons (Fsp3) is 0.879. The Morgan fingerprint density at radius 1 is 0.809 bits per heavy atom. The summed E-state index contributed by atoms with van der Waals surface area (Å²) in [6.07, 6.45) is -2.34. The molecule has 0 aromatic carbocycles. The van der Waals surface area contributed by atoms with Crippen molar-refractivity contribution >= 4 is 20.3 Å². The lowest BCUT2D eigenvalue weighted by atomic mass is 9.95. The zero-order valence-electron chi connectivity index (χ0n) is 30.2. The molecule has 3 saturated heterocycles. The van der Waals surface area contributed by atoms with Crippen molar-refractivity contribution in [3.8, 4) is 0 Å². The third-order valence-electron chi connectivity index (χ3n) is 9.00. The number of hydrogen-bond donors (Lipinski definition) is 0. The average Bonchev–Trinajstić information content (AvgIpc) is 3.28. The predicted molar refractivity (Wildman–Crippen MR) is 173 cm³/mol. The van der Waals surface area contributed by atoms with E-state index in [0.717, 1.165) is 0 Å². The summed E-state index contributed by atoms with van der Waals surface area (Å²) in [5.41, 5.74) is 1.13. The van der Waals surface area contributed by atoms with Gasteiger partial charge in [-0.05, 0) is 30.5 Å². The van der Waals surface area contributed by atoms with E-state index in [1.54, 1.807) is 34.1 Å². The van der Waals surface area contributed by atoms with E-state index < -0.39 is 81.2 Å². The Kier molecular flexibility index (Phi) is 14.8. The molecule has 14 heteroatoms. The van der Waals surface area contributed by atoms with Crippen molar-refractivity contribution < 1.29 is 61.4 Å². The van der Waals surface area contributed by atoms with Crippen LogP contribution in [0.5, 0.6) is 0 Å². The Balaban J connectivity index is 1.93. The minimum absolute atomic E-state index is 0.0531. The molecule has 3 heterocycles. The zero-order valence-corrected chi connectivity index (χ0v) is 31.2. The van der Waals surface area contributed by atoms with Crippen molar-refractivity contribution in [3.63, 3.8) is 0 Å². The summed E-state index contributed by atoms with van der Waals surface area (Å²) < 4.78 is 66.0. The first kappa shape index (κ1) is 40.0. The third-order valence-corrected chi connectivity index (χ3v) is 15.1. The molecular weight excluding hydrogens is 632 g/mol. The molecule has 0 N–H and O–H groups in total. The van der Waals surface area contributed by atoms with Crippen LogP contribution in [0.3, 0.4) is 0 Å². The van der Waals surface area contributed by atoms with Crippen molar-refractivity contribution in [1.82, 2.24) is 0 Å². The van der Waals surface area contributed by atoms with E-state index in [4.69, 9.17) is 51.8 Å². The molecular formula is C33H58O13Si. The van der Waals surface area contributed by atoms with E-state index >= 15 is 0 Å². The van der Waals surface area contributed by atoms with Crippen molar-refractivity contribution in [2.45, 2.75) is 153 Å². The van der Waals surface area contributed by atoms with Gasteiger partial charge in [0, 0.05) is 34.5 Å². The lowest BCUT2D eigenvalue weighted by molar-refractivity contribution is -0.250. The number of fused-ring (bicyclic) bond motifs is 1. The topological polar surface area (TPSA) is 136 Å². The van der Waals surface area contributed by atoms with Crippen LogP contribution in [0, 0.1) is 0 Å². The quantitative estimate of drug-likeness (QED) is 0.0966. The van der Waals surface area contributed by atoms with Gasteiger partial charge in [0.2, 0.25) is 0 Å². The van der Waals surface area contributed by atoms with Crippen LogP contribution >= 0.6 is 0 Å². The average molecular weight is 691 g/mol. The second-order valence-corrected chi connectivity index (χ2v) is 19.3. The fourth-order valence-electron chi connectivity index (χ4n) is 7.36. The van der Waals surface area contributed by atoms with E-state index in [1.807, 2.05) is 6.08 Å². The number of hydrogen-bond acceptors (Lipinski definition) is 13. The highest BCUT2D eigenvalue weighted by molar-refractivity contribution is 6.77. The Hall–Kier alpha value is -1.46. The van der Waals surface area contributed by atoms with Gasteiger partial charge in [0.05, 0.1) is 18.8 Å². The van der Waals surface area contributed by atoms with E-state index in [-0.39, 0.29) is 13.6 Å². The van der Waals surface area contributed by atoms with Crippen LogP contribution in [0.25, 0.3) is 0 Å². The normalized spacial score (nSPS) is 32.7. The largest absolute Gasteiger partial charge is 0.455 e. The maximum Gasteiger partial charge on any atom is 0.303 e. The van der Waals surface area contributed by atoms with Gasteiger partial charge in [-0.3, -0.25) is 9.59 Å². The number of carbonyl (C=O) groups excluding carboxylic acids is 2. The molecule has 3 fully saturated rings. The van der Waals surface area contributed by atoms with Gasteiger partial charge in [-0.1, -0.05) is 53.7 Å². The molecule has 47 heavy (non-hydrogen) atoms. The Morgan fingerprint density at radius 3 is 1.94 bits per heavy atom. The first-order chi connectivity index (χ1) is 22.1. The molecule has 0 radical (unpaired) electrons. The molecule has 0 aromatic rings. The summed E-state index contributed by atoms with van der Waals surface area (Å²) in [6.45, 7) is 19.9. The van der Waals surface area contributed by atoms with Gasteiger partial charge in [0.1, 0.15) is 31.9 Å². The molecule has 3 rings (SSSR count). The Bertz CT molecular complexity index is 1010. The van der Waals surface area contributed by atoms with Crippen LogP contribution in [-0.4, -0.2) is 116 Å². The van der Waals surface area contributed by atoms with E-state index in [2.05, 4.69) is 41.5 Å². The number of carbonyl (C=O) groups is 2. The zero-order chi connectivity index (χ0) is 35.1. The van der Waals surface area contributed by atoms with Crippen LogP contribution < -0.4 is 0 Å². The van der Waals surface area contributed by atoms with Gasteiger partial charge in [-0.15, -0.1) is 0 Å². The minimum Gasteiger partial charge on any atom is -0.455 e. The summed E-state index contributed by atoms with van der Waals surface area (Å²) in [5.74, 6) is -2.11. The van der Waals surface area contributed by atoms with E-state index in [1.165, 1.54) is 13.8 Å². The van der Waals surface area contributed by atoms with Crippen molar-refractivity contribution in [2.75, 3.05) is 34.4 Å². The number of rotatable bonds is 16. The molecule has 0 unspecified atom stereocenters. The fourth-order valence-corrected chi connectivity index (χ4v) is 12.8. The smallest absolute Gasteiger partial charge is 0.303 e. The lowest BCUT2D eigenvalue weighted by Crippen LogP contribution is -2.58. The second-order valence-electron chi connectivity index (χ2n) is 13.8. The summed E-state index contributed by atoms with van der Waals surface area (Å²) in [4.78, 5) is 24.4. The monoisotopic (exact) mass is 690 g/mol. The molecule has 3 aliphatic heterocycles. The van der Waals surface area contributed by atoms with E-state index in [0.29, 0.717) is 29.7 Å². The highest BCUT2D eigenvalue weighted by Crippen LogP contribution is 2.43. The van der Waals surface area contributed by atoms with Gasteiger partial charge in [0.25, 0.3) is 0 Å². The van der Waals surface area contributed by atoms with Gasteiger partial charge in [-0.2, -0.15) is 0 Å². The summed E-state index contributed by atoms with van der Waals surface area (Å²) in [7, 11) is 0.888. The molecule has 0 spiro atoms. The van der Waals surface area contributed by atoms with Crippen molar-refractivity contribution in [2.24, 2.45) is 0 Å². The number of methoxy groups -OCH3 is 2. The van der Waals surface area contributed by atoms with Crippen LogP contribution in [0.1, 0.15) is 75.7 Å². The minimum atomic E-state index is -2.24. The second kappa shape index (κ2) is 17.5. The molecule has 3 aliphatic rings. The van der Waals surface area contributed by atoms with Crippen LogP contribution in [0.15, 0.2) is 12.2 Å². The lowest BCUT2D eigenvalue weighted by Gasteiger charge is -2.46. The highest BCUT2D eigenvalue weighted by Gasteiger charge is 2.57. The van der Waals surface area contributed by atoms with Gasteiger partial charge >= 0.3 is 11.9 Å². The molecule has 272 valence electrons. The summed E-state index contributed by atoms with van der Waals surface area (Å²) in [6, 6.07) is 0. The van der Waals surface area contributed by atoms with E-state index in [9.17, 15) is 9.59 Å². The summed E-state index contributed by atoms with van der Waals surface area (Å²) >= 11 is 0. The standard InChI is InChI=1S/C33H58O13Si/c1-19(2)47(20(3)4,21(5)6)40-16-27-28(39-18-37-12)26(38-17-36-11)15-24(43-27)13-14-25-29(41-22(7)34)30(42-23(8)35)31-32(44-25)46-33(9,10)45-31/h13-14,19-21,24-32H,15-18H2,1-12H3/b14-13+/t24-,25+,26+,27+,28-,29+,30-,31+,32+/m0/s1. The predicted octanol–water partition coefficient (Wildman–Crippen LogP) is 4.61. The first-order valence-electron chi connectivity index (χ1n) is 16.6. The van der Waals surface area contributed by atoms with Crippen LogP contribution in [0.4, 0.5) is 0 Å². The molecule has 0 amide bonds. The molecule has 0 aliphatic carbocycles. The van der Waals surface area contributed by atoms with Crippen LogP contribution in [0.2, 0.25) is 16.6 Å². The molecule has 0 bridgehead atoms. The molecule has 0 saturated carbocycles. The number of esters is 2. The van der Waals surface area contributed by atoms with Crippen molar-refractivity contribution in [1.29, 1.82) is 0 Å². The highest BCUT2D eigenvalue weighted by atomic mass is 28.4.